The molecule has 0 radical (unpaired) electrons. The minimum Gasteiger partial charge on any atom is -0.299 e. The minimum atomic E-state index is -0.0818. The van der Waals surface area contributed by atoms with E-state index in [0.29, 0.717) is 12.0 Å². The van der Waals surface area contributed by atoms with Gasteiger partial charge in [0, 0.05) is 12.0 Å². The van der Waals surface area contributed by atoms with Crippen LogP contribution in [-0.2, 0) is 4.79 Å². The molecule has 17 heavy (non-hydrogen) atoms. The standard InChI is InChI=1S/C15H18O2/c1-2-3-4-8-11-14(16)12-15(17)13-9-6-5-7-10-13/h2-3,5-7,9-10H,4,8,11-12H2,1H3/b3-2+. The number of allylic oxidation sites excluding steroid dienone is 2. The van der Waals surface area contributed by atoms with Crippen molar-refractivity contribution in [1.29, 1.82) is 0 Å². The molecule has 0 aromatic heterocycles. The van der Waals surface area contributed by atoms with Crippen LogP contribution in [0.25, 0.3) is 0 Å². The lowest BCUT2D eigenvalue weighted by Crippen LogP contribution is -2.07. The van der Waals surface area contributed by atoms with E-state index in [1.54, 1.807) is 12.1 Å². The van der Waals surface area contributed by atoms with Crippen molar-refractivity contribution in [2.45, 2.75) is 32.6 Å². The molecule has 0 N–H and O–H groups in total. The van der Waals surface area contributed by atoms with Crippen molar-refractivity contribution in [2.24, 2.45) is 0 Å². The Bertz CT molecular complexity index is 391. The first-order valence-corrected chi connectivity index (χ1v) is 5.95. The van der Waals surface area contributed by atoms with Crippen LogP contribution in [0.3, 0.4) is 0 Å². The average Bonchev–Trinajstić information content (AvgIpc) is 2.36. The molecule has 90 valence electrons. The molecule has 2 heteroatoms. The third-order valence-corrected chi connectivity index (χ3v) is 2.52. The van der Waals surface area contributed by atoms with E-state index in [1.165, 1.54) is 0 Å². The average molecular weight is 230 g/mol. The maximum atomic E-state index is 11.7. The molecule has 0 saturated carbocycles. The summed E-state index contributed by atoms with van der Waals surface area (Å²) < 4.78 is 0. The summed E-state index contributed by atoms with van der Waals surface area (Å²) in [6, 6.07) is 8.97. The fourth-order valence-electron chi connectivity index (χ4n) is 1.58. The summed E-state index contributed by atoms with van der Waals surface area (Å²) in [5.41, 5.74) is 0.620. The van der Waals surface area contributed by atoms with Crippen LogP contribution in [0.5, 0.6) is 0 Å². The Labute approximate surface area is 102 Å². The molecule has 0 atom stereocenters. The highest BCUT2D eigenvalue weighted by molar-refractivity contribution is 6.07. The van der Waals surface area contributed by atoms with Crippen molar-refractivity contribution >= 4 is 11.6 Å². The first-order chi connectivity index (χ1) is 8.24. The Morgan fingerprint density at radius 3 is 2.53 bits per heavy atom. The van der Waals surface area contributed by atoms with Crippen molar-refractivity contribution in [1.82, 2.24) is 0 Å². The second-order valence-corrected chi connectivity index (χ2v) is 3.97. The summed E-state index contributed by atoms with van der Waals surface area (Å²) in [5, 5.41) is 0. The van der Waals surface area contributed by atoms with Gasteiger partial charge in [0.25, 0.3) is 0 Å². The van der Waals surface area contributed by atoms with Crippen molar-refractivity contribution in [3.63, 3.8) is 0 Å². The van der Waals surface area contributed by atoms with Gasteiger partial charge in [-0.1, -0.05) is 42.5 Å². The number of benzene rings is 1. The van der Waals surface area contributed by atoms with Crippen molar-refractivity contribution in [2.75, 3.05) is 0 Å². The van der Waals surface area contributed by atoms with Crippen molar-refractivity contribution < 1.29 is 9.59 Å². The molecule has 0 spiro atoms. The van der Waals surface area contributed by atoms with Gasteiger partial charge in [-0.3, -0.25) is 9.59 Å². The normalized spacial score (nSPS) is 10.6. The van der Waals surface area contributed by atoms with Gasteiger partial charge < -0.3 is 0 Å². The zero-order valence-corrected chi connectivity index (χ0v) is 10.2. The van der Waals surface area contributed by atoms with E-state index in [9.17, 15) is 9.59 Å². The van der Waals surface area contributed by atoms with E-state index in [4.69, 9.17) is 0 Å². The predicted octanol–water partition coefficient (Wildman–Crippen LogP) is 3.57. The number of Topliss-reactive ketones (excluding diaryl/α,β-unsaturated/α-hetero) is 2. The molecule has 0 saturated heterocycles. The number of ketones is 2. The molecule has 0 aliphatic heterocycles. The number of carbonyl (C=O) groups excluding carboxylic acids is 2. The number of hydrogen-bond donors (Lipinski definition) is 0. The highest BCUT2D eigenvalue weighted by atomic mass is 16.1. The zero-order chi connectivity index (χ0) is 12.5. The van der Waals surface area contributed by atoms with E-state index in [2.05, 4.69) is 0 Å². The number of rotatable bonds is 7. The van der Waals surface area contributed by atoms with Crippen LogP contribution in [0, 0.1) is 0 Å². The Morgan fingerprint density at radius 2 is 1.88 bits per heavy atom. The van der Waals surface area contributed by atoms with Crippen LogP contribution in [0.15, 0.2) is 42.5 Å². The second kappa shape index (κ2) is 7.55. The van der Waals surface area contributed by atoms with Crippen LogP contribution in [0.1, 0.15) is 43.0 Å². The van der Waals surface area contributed by atoms with Gasteiger partial charge in [0.2, 0.25) is 0 Å². The Balaban J connectivity index is 2.34. The van der Waals surface area contributed by atoms with E-state index in [0.717, 1.165) is 12.8 Å². The van der Waals surface area contributed by atoms with Crippen LogP contribution in [0.4, 0.5) is 0 Å². The molecular weight excluding hydrogens is 212 g/mol. The van der Waals surface area contributed by atoms with Crippen molar-refractivity contribution in [3.05, 3.63) is 48.0 Å². The smallest absolute Gasteiger partial charge is 0.170 e. The molecule has 0 amide bonds. The molecule has 1 rings (SSSR count). The summed E-state index contributed by atoms with van der Waals surface area (Å²) in [6.45, 7) is 1.96. The van der Waals surface area contributed by atoms with Crippen LogP contribution in [-0.4, -0.2) is 11.6 Å². The molecule has 1 aromatic carbocycles. The maximum Gasteiger partial charge on any atom is 0.170 e. The van der Waals surface area contributed by atoms with Gasteiger partial charge in [-0.25, -0.2) is 0 Å². The fourth-order valence-corrected chi connectivity index (χ4v) is 1.58. The van der Waals surface area contributed by atoms with E-state index in [1.807, 2.05) is 37.3 Å². The minimum absolute atomic E-state index is 0.0276. The van der Waals surface area contributed by atoms with Gasteiger partial charge >= 0.3 is 0 Å². The molecule has 0 bridgehead atoms. The van der Waals surface area contributed by atoms with Gasteiger partial charge in [-0.2, -0.15) is 0 Å². The Kier molecular flexibility index (Phi) is 5.94. The van der Waals surface area contributed by atoms with E-state index < -0.39 is 0 Å². The van der Waals surface area contributed by atoms with Crippen LogP contribution >= 0.6 is 0 Å². The summed E-state index contributed by atoms with van der Waals surface area (Å²) in [7, 11) is 0. The first-order valence-electron chi connectivity index (χ1n) is 5.95. The summed E-state index contributed by atoms with van der Waals surface area (Å²) in [6.07, 6.45) is 6.25. The molecule has 0 fully saturated rings. The monoisotopic (exact) mass is 230 g/mol. The highest BCUT2D eigenvalue weighted by Crippen LogP contribution is 2.06. The largest absolute Gasteiger partial charge is 0.299 e. The molecule has 1 aromatic rings. The summed E-state index contributed by atoms with van der Waals surface area (Å²) >= 11 is 0. The fraction of sp³-hybridized carbons (Fsp3) is 0.333. The van der Waals surface area contributed by atoms with Gasteiger partial charge in [0.05, 0.1) is 6.42 Å². The van der Waals surface area contributed by atoms with Gasteiger partial charge in [0.15, 0.2) is 5.78 Å². The highest BCUT2D eigenvalue weighted by Gasteiger charge is 2.10. The molecule has 0 heterocycles. The Hall–Kier alpha value is -1.70. The number of unbranched alkanes of at least 4 members (excludes halogenated alkanes) is 1. The quantitative estimate of drug-likeness (QED) is 0.310. The third kappa shape index (κ3) is 5.25. The lowest BCUT2D eigenvalue weighted by atomic mass is 10.0. The molecule has 0 aliphatic carbocycles. The second-order valence-electron chi connectivity index (χ2n) is 3.97. The third-order valence-electron chi connectivity index (χ3n) is 2.52. The van der Waals surface area contributed by atoms with Gasteiger partial charge in [-0.05, 0) is 19.8 Å². The van der Waals surface area contributed by atoms with Crippen molar-refractivity contribution in [3.8, 4) is 0 Å². The molecule has 0 aliphatic rings. The lowest BCUT2D eigenvalue weighted by Gasteiger charge is -2.00. The summed E-state index contributed by atoms with van der Waals surface area (Å²) in [4.78, 5) is 23.3. The molecule has 0 unspecified atom stereocenters. The molecular formula is C15H18O2. The lowest BCUT2D eigenvalue weighted by molar-refractivity contribution is -0.118. The Morgan fingerprint density at radius 1 is 1.18 bits per heavy atom. The first kappa shape index (κ1) is 13.4. The maximum absolute atomic E-state index is 11.7. The topological polar surface area (TPSA) is 34.1 Å². The molecule has 2 nitrogen and oxygen atoms in total. The SMILES string of the molecule is C/C=C/CCCC(=O)CC(=O)c1ccccc1. The van der Waals surface area contributed by atoms with Gasteiger partial charge in [0.1, 0.15) is 5.78 Å². The van der Waals surface area contributed by atoms with E-state index in [-0.39, 0.29) is 18.0 Å². The number of carbonyl (C=O) groups is 2. The number of hydrogen-bond acceptors (Lipinski definition) is 2. The van der Waals surface area contributed by atoms with Gasteiger partial charge in [-0.15, -0.1) is 0 Å². The van der Waals surface area contributed by atoms with Crippen LogP contribution < -0.4 is 0 Å². The van der Waals surface area contributed by atoms with E-state index >= 15 is 0 Å². The predicted molar refractivity (Wildman–Crippen MR) is 69.1 cm³/mol. The summed E-state index contributed by atoms with van der Waals surface area (Å²) in [5.74, 6) is -0.0509. The van der Waals surface area contributed by atoms with Crippen LogP contribution in [0.2, 0.25) is 0 Å². The zero-order valence-electron chi connectivity index (χ0n) is 10.2.